The lowest BCUT2D eigenvalue weighted by molar-refractivity contribution is -0.110. The van der Waals surface area contributed by atoms with E-state index in [-0.39, 0.29) is 9.86 Å². The van der Waals surface area contributed by atoms with E-state index in [0.29, 0.717) is 6.42 Å². The van der Waals surface area contributed by atoms with Gasteiger partial charge in [-0.1, -0.05) is 38.6 Å². The topological polar surface area (TPSA) is 30.0 Å². The molecule has 0 amide bonds. The van der Waals surface area contributed by atoms with Gasteiger partial charge in [0.05, 0.1) is 6.42 Å². The number of rotatable bonds is 2. The predicted octanol–water partition coefficient (Wildman–Crippen LogP) is 2.68. The van der Waals surface area contributed by atoms with Crippen molar-refractivity contribution < 1.29 is 4.79 Å². The van der Waals surface area contributed by atoms with E-state index >= 15 is 0 Å². The van der Waals surface area contributed by atoms with Gasteiger partial charge in [-0.2, -0.15) is 0 Å². The van der Waals surface area contributed by atoms with Gasteiger partial charge < -0.3 is 0 Å². The van der Waals surface area contributed by atoms with Crippen LogP contribution in [-0.2, 0) is 11.2 Å². The molecule has 1 aromatic heterocycles. The van der Waals surface area contributed by atoms with Crippen molar-refractivity contribution in [3.8, 4) is 0 Å². The van der Waals surface area contributed by atoms with Gasteiger partial charge in [-0.05, 0) is 12.1 Å². The Morgan fingerprint density at radius 3 is 2.64 bits per heavy atom. The highest BCUT2D eigenvalue weighted by atomic mass is 32.2. The first-order valence-electron chi connectivity index (χ1n) is 4.59. The van der Waals surface area contributed by atoms with E-state index in [1.54, 1.807) is 6.20 Å². The van der Waals surface area contributed by atoms with Crippen molar-refractivity contribution in [3.63, 3.8) is 0 Å². The van der Waals surface area contributed by atoms with E-state index in [4.69, 9.17) is 0 Å². The standard InChI is InChI=1S/C11H15NOS/c1-11(2,3)14-10(13)8-9-6-4-5-7-12-9/h4-7H,8H2,1-3H3. The lowest BCUT2D eigenvalue weighted by Crippen LogP contribution is -2.13. The third kappa shape index (κ3) is 4.42. The minimum absolute atomic E-state index is 0.00807. The van der Waals surface area contributed by atoms with Crippen LogP contribution in [0.5, 0.6) is 0 Å². The Balaban J connectivity index is 2.50. The second-order valence-electron chi connectivity index (χ2n) is 4.08. The summed E-state index contributed by atoms with van der Waals surface area (Å²) in [6, 6.07) is 5.63. The zero-order chi connectivity index (χ0) is 10.6. The first-order chi connectivity index (χ1) is 6.47. The van der Waals surface area contributed by atoms with Gasteiger partial charge in [0.2, 0.25) is 0 Å². The zero-order valence-electron chi connectivity index (χ0n) is 8.78. The molecule has 0 spiro atoms. The van der Waals surface area contributed by atoms with Crippen molar-refractivity contribution in [3.05, 3.63) is 30.1 Å². The normalized spacial score (nSPS) is 11.4. The summed E-state index contributed by atoms with van der Waals surface area (Å²) in [5.74, 6) is 0. The number of aromatic nitrogens is 1. The third-order valence-electron chi connectivity index (χ3n) is 1.47. The minimum atomic E-state index is -0.00807. The molecule has 2 nitrogen and oxygen atoms in total. The van der Waals surface area contributed by atoms with Crippen molar-refractivity contribution in [2.75, 3.05) is 0 Å². The van der Waals surface area contributed by atoms with Crippen molar-refractivity contribution in [1.29, 1.82) is 0 Å². The molecule has 0 radical (unpaired) electrons. The Hall–Kier alpha value is -0.830. The molecule has 0 aromatic carbocycles. The van der Waals surface area contributed by atoms with Crippen LogP contribution in [0.25, 0.3) is 0 Å². The SMILES string of the molecule is CC(C)(C)SC(=O)Cc1ccccn1. The quantitative estimate of drug-likeness (QED) is 0.750. The summed E-state index contributed by atoms with van der Waals surface area (Å²) in [6.07, 6.45) is 2.13. The lowest BCUT2D eigenvalue weighted by Gasteiger charge is -2.15. The van der Waals surface area contributed by atoms with Crippen molar-refractivity contribution in [2.24, 2.45) is 0 Å². The number of nitrogens with zero attached hydrogens (tertiary/aromatic N) is 1. The summed E-state index contributed by atoms with van der Waals surface area (Å²) in [5, 5.41) is 0.177. The highest BCUT2D eigenvalue weighted by Crippen LogP contribution is 2.24. The largest absolute Gasteiger partial charge is 0.287 e. The molecule has 0 fully saturated rings. The van der Waals surface area contributed by atoms with Gasteiger partial charge in [0, 0.05) is 16.6 Å². The van der Waals surface area contributed by atoms with Gasteiger partial charge in [0.1, 0.15) is 0 Å². The van der Waals surface area contributed by atoms with Crippen LogP contribution in [-0.4, -0.2) is 14.8 Å². The van der Waals surface area contributed by atoms with E-state index in [2.05, 4.69) is 4.98 Å². The van der Waals surface area contributed by atoms with Crippen molar-refractivity contribution in [2.45, 2.75) is 31.9 Å². The maximum Gasteiger partial charge on any atom is 0.195 e. The molecule has 76 valence electrons. The molecule has 0 unspecified atom stereocenters. The molecule has 0 N–H and O–H groups in total. The fourth-order valence-corrected chi connectivity index (χ4v) is 1.93. The van der Waals surface area contributed by atoms with E-state index in [9.17, 15) is 4.79 Å². The summed E-state index contributed by atoms with van der Waals surface area (Å²) >= 11 is 1.37. The van der Waals surface area contributed by atoms with E-state index < -0.39 is 0 Å². The zero-order valence-corrected chi connectivity index (χ0v) is 9.60. The highest BCUT2D eigenvalue weighted by molar-refractivity contribution is 8.14. The molecule has 0 aliphatic rings. The fraction of sp³-hybridized carbons (Fsp3) is 0.455. The second-order valence-corrected chi connectivity index (χ2v) is 5.97. The Kier molecular flexibility index (Phi) is 3.69. The van der Waals surface area contributed by atoms with Crippen molar-refractivity contribution >= 4 is 16.9 Å². The monoisotopic (exact) mass is 209 g/mol. The van der Waals surface area contributed by atoms with Gasteiger partial charge in [-0.15, -0.1) is 0 Å². The van der Waals surface area contributed by atoms with E-state index in [0.717, 1.165) is 5.69 Å². The summed E-state index contributed by atoms with van der Waals surface area (Å²) in [7, 11) is 0. The summed E-state index contributed by atoms with van der Waals surface area (Å²) in [6.45, 7) is 6.11. The molecule has 14 heavy (non-hydrogen) atoms. The molecule has 0 aliphatic heterocycles. The number of carbonyl (C=O) groups is 1. The first-order valence-corrected chi connectivity index (χ1v) is 5.41. The molecule has 3 heteroatoms. The Morgan fingerprint density at radius 2 is 2.14 bits per heavy atom. The van der Waals surface area contributed by atoms with Crippen LogP contribution in [0, 0.1) is 0 Å². The predicted molar refractivity (Wildman–Crippen MR) is 60.3 cm³/mol. The molecule has 0 aliphatic carbocycles. The van der Waals surface area contributed by atoms with Gasteiger partial charge >= 0.3 is 0 Å². The molecular weight excluding hydrogens is 194 g/mol. The summed E-state index contributed by atoms with van der Waals surface area (Å²) in [5.41, 5.74) is 0.842. The van der Waals surface area contributed by atoms with Crippen LogP contribution in [0.4, 0.5) is 0 Å². The number of thioether (sulfide) groups is 1. The molecule has 0 saturated carbocycles. The van der Waals surface area contributed by atoms with Crippen molar-refractivity contribution in [1.82, 2.24) is 4.98 Å². The maximum atomic E-state index is 11.6. The molecule has 1 heterocycles. The van der Waals surface area contributed by atoms with E-state index in [1.165, 1.54) is 11.8 Å². The molecular formula is C11H15NOS. The van der Waals surface area contributed by atoms with Crippen LogP contribution in [0.2, 0.25) is 0 Å². The number of pyridine rings is 1. The van der Waals surface area contributed by atoms with E-state index in [1.807, 2.05) is 39.0 Å². The molecule has 0 bridgehead atoms. The van der Waals surface area contributed by atoms with Crippen LogP contribution in [0.15, 0.2) is 24.4 Å². The van der Waals surface area contributed by atoms with Gasteiger partial charge in [0.15, 0.2) is 5.12 Å². The Labute approximate surface area is 89.1 Å². The number of hydrogen-bond donors (Lipinski definition) is 0. The smallest absolute Gasteiger partial charge is 0.195 e. The fourth-order valence-electron chi connectivity index (χ4n) is 1.03. The van der Waals surface area contributed by atoms with Gasteiger partial charge in [-0.25, -0.2) is 0 Å². The molecule has 1 rings (SSSR count). The van der Waals surface area contributed by atoms with Crippen LogP contribution < -0.4 is 0 Å². The molecule has 0 atom stereocenters. The number of carbonyl (C=O) groups excluding carboxylic acids is 1. The van der Waals surface area contributed by atoms with Gasteiger partial charge in [0.25, 0.3) is 0 Å². The summed E-state index contributed by atoms with van der Waals surface area (Å²) < 4.78 is -0.00807. The average molecular weight is 209 g/mol. The second kappa shape index (κ2) is 4.60. The molecule has 1 aromatic rings. The minimum Gasteiger partial charge on any atom is -0.287 e. The van der Waals surface area contributed by atoms with Crippen LogP contribution in [0.3, 0.4) is 0 Å². The lowest BCUT2D eigenvalue weighted by atomic mass is 10.3. The Bertz CT molecular complexity index is 303. The third-order valence-corrected chi connectivity index (χ3v) is 2.46. The summed E-state index contributed by atoms with van der Waals surface area (Å²) in [4.78, 5) is 15.7. The average Bonchev–Trinajstić information content (AvgIpc) is 2.02. The Morgan fingerprint density at radius 1 is 1.43 bits per heavy atom. The first kappa shape index (κ1) is 11.2. The highest BCUT2D eigenvalue weighted by Gasteiger charge is 2.16. The number of hydrogen-bond acceptors (Lipinski definition) is 3. The van der Waals surface area contributed by atoms with Crippen LogP contribution >= 0.6 is 11.8 Å². The van der Waals surface area contributed by atoms with Crippen LogP contribution in [0.1, 0.15) is 26.5 Å². The maximum absolute atomic E-state index is 11.6. The van der Waals surface area contributed by atoms with Gasteiger partial charge in [-0.3, -0.25) is 9.78 Å². The molecule has 0 saturated heterocycles.